The number of esters is 1. The fraction of sp³-hybridized carbons (Fsp3) is 0.875. The first kappa shape index (κ1) is 18.0. The predicted octanol–water partition coefficient (Wildman–Crippen LogP) is 1.81. The second-order valence-corrected chi connectivity index (χ2v) is 5.93. The molecule has 0 radical (unpaired) electrons. The smallest absolute Gasteiger partial charge is 0.325 e. The Hall–Kier alpha value is -1.10. The molecular formula is C16H30N2O3. The number of piperidine rings is 1. The fourth-order valence-electron chi connectivity index (χ4n) is 2.80. The number of carbonyl (C=O) groups excluding carboxylic acids is 2. The first-order chi connectivity index (χ1) is 10.1. The highest BCUT2D eigenvalue weighted by molar-refractivity contribution is 5.82. The van der Waals surface area contributed by atoms with Gasteiger partial charge in [-0.3, -0.25) is 9.59 Å². The third-order valence-electron chi connectivity index (χ3n) is 4.46. The molecule has 0 atom stereocenters. The normalized spacial score (nSPS) is 16.0. The van der Waals surface area contributed by atoms with Crippen LogP contribution < -0.4 is 5.32 Å². The van der Waals surface area contributed by atoms with Crippen molar-refractivity contribution in [1.29, 1.82) is 0 Å². The molecule has 0 unspecified atom stereocenters. The van der Waals surface area contributed by atoms with Crippen LogP contribution in [0.25, 0.3) is 0 Å². The Morgan fingerprint density at radius 1 is 1.24 bits per heavy atom. The fourth-order valence-corrected chi connectivity index (χ4v) is 2.80. The Labute approximate surface area is 128 Å². The second kappa shape index (κ2) is 9.77. The minimum Gasteiger partial charge on any atom is -0.468 e. The van der Waals surface area contributed by atoms with Gasteiger partial charge in [0.2, 0.25) is 5.91 Å². The lowest BCUT2D eigenvalue weighted by Crippen LogP contribution is -2.41. The van der Waals surface area contributed by atoms with E-state index in [1.807, 2.05) is 0 Å². The molecule has 0 aromatic carbocycles. The Kier molecular flexibility index (Phi) is 8.35. The Bertz CT molecular complexity index is 323. The van der Waals surface area contributed by atoms with Gasteiger partial charge in [-0.25, -0.2) is 0 Å². The van der Waals surface area contributed by atoms with Crippen LogP contribution >= 0.6 is 0 Å². The van der Waals surface area contributed by atoms with Crippen LogP contribution in [0.2, 0.25) is 0 Å². The van der Waals surface area contributed by atoms with Gasteiger partial charge in [-0.2, -0.15) is 0 Å². The van der Waals surface area contributed by atoms with E-state index < -0.39 is 0 Å². The molecule has 1 aliphatic heterocycles. The Morgan fingerprint density at radius 2 is 1.86 bits per heavy atom. The summed E-state index contributed by atoms with van der Waals surface area (Å²) >= 11 is 0. The highest BCUT2D eigenvalue weighted by atomic mass is 16.5. The lowest BCUT2D eigenvalue weighted by Gasteiger charge is -2.29. The quantitative estimate of drug-likeness (QED) is 0.694. The topological polar surface area (TPSA) is 58.6 Å². The number of nitrogens with zero attached hydrogens (tertiary/aromatic N) is 1. The standard InChI is InChI=1S/C16H30N2O3/c1-4-13(5-2)11-18(12-16(20)21-3)15(19)10-14-6-8-17-9-7-14/h13-14,17H,4-12H2,1-3H3. The van der Waals surface area contributed by atoms with E-state index in [4.69, 9.17) is 4.74 Å². The second-order valence-electron chi connectivity index (χ2n) is 5.93. The summed E-state index contributed by atoms with van der Waals surface area (Å²) in [4.78, 5) is 25.8. The van der Waals surface area contributed by atoms with E-state index in [0.29, 0.717) is 24.8 Å². The average molecular weight is 298 g/mol. The number of hydrogen-bond acceptors (Lipinski definition) is 4. The number of ether oxygens (including phenoxy) is 1. The third-order valence-corrected chi connectivity index (χ3v) is 4.46. The zero-order valence-electron chi connectivity index (χ0n) is 13.7. The molecule has 1 rings (SSSR count). The largest absolute Gasteiger partial charge is 0.468 e. The number of nitrogens with one attached hydrogen (secondary N) is 1. The van der Waals surface area contributed by atoms with Gasteiger partial charge < -0.3 is 15.0 Å². The van der Waals surface area contributed by atoms with Crippen LogP contribution in [0.1, 0.15) is 46.0 Å². The minimum atomic E-state index is -0.334. The van der Waals surface area contributed by atoms with Crippen molar-refractivity contribution in [3.63, 3.8) is 0 Å². The summed E-state index contributed by atoms with van der Waals surface area (Å²) in [6.07, 6.45) is 4.69. The van der Waals surface area contributed by atoms with Crippen LogP contribution in [0.5, 0.6) is 0 Å². The van der Waals surface area contributed by atoms with Gasteiger partial charge in [0.1, 0.15) is 6.54 Å². The maximum atomic E-state index is 12.5. The van der Waals surface area contributed by atoms with Gasteiger partial charge >= 0.3 is 5.97 Å². The highest BCUT2D eigenvalue weighted by Crippen LogP contribution is 2.18. The van der Waals surface area contributed by atoms with Crippen molar-refractivity contribution in [3.8, 4) is 0 Å². The highest BCUT2D eigenvalue weighted by Gasteiger charge is 2.24. The van der Waals surface area contributed by atoms with Crippen LogP contribution in [0.3, 0.4) is 0 Å². The summed E-state index contributed by atoms with van der Waals surface area (Å²) in [5.74, 6) is 0.658. The molecule has 5 nitrogen and oxygen atoms in total. The third kappa shape index (κ3) is 6.46. The Balaban J connectivity index is 2.59. The number of methoxy groups -OCH3 is 1. The van der Waals surface area contributed by atoms with Crippen LogP contribution in [-0.4, -0.2) is 50.1 Å². The zero-order valence-corrected chi connectivity index (χ0v) is 13.7. The first-order valence-electron chi connectivity index (χ1n) is 8.15. The summed E-state index contributed by atoms with van der Waals surface area (Å²) in [5, 5.41) is 3.31. The molecule has 0 aromatic rings. The van der Waals surface area contributed by atoms with Crippen molar-refractivity contribution >= 4 is 11.9 Å². The summed E-state index contributed by atoms with van der Waals surface area (Å²) in [5.41, 5.74) is 0. The molecule has 1 fully saturated rings. The van der Waals surface area contributed by atoms with Crippen molar-refractivity contribution in [2.24, 2.45) is 11.8 Å². The van der Waals surface area contributed by atoms with Gasteiger partial charge in [-0.05, 0) is 37.8 Å². The number of hydrogen-bond donors (Lipinski definition) is 1. The van der Waals surface area contributed by atoms with Gasteiger partial charge in [-0.1, -0.05) is 26.7 Å². The maximum Gasteiger partial charge on any atom is 0.325 e. The molecule has 21 heavy (non-hydrogen) atoms. The maximum absolute atomic E-state index is 12.5. The van der Waals surface area contributed by atoms with E-state index in [1.54, 1.807) is 4.90 Å². The van der Waals surface area contributed by atoms with Crippen LogP contribution in [0.4, 0.5) is 0 Å². The zero-order chi connectivity index (χ0) is 15.7. The van der Waals surface area contributed by atoms with E-state index in [2.05, 4.69) is 19.2 Å². The molecule has 1 saturated heterocycles. The van der Waals surface area contributed by atoms with Crippen LogP contribution in [0.15, 0.2) is 0 Å². The molecular weight excluding hydrogens is 268 g/mol. The lowest BCUT2D eigenvalue weighted by molar-refractivity contribution is -0.147. The van der Waals surface area contributed by atoms with Crippen LogP contribution in [0, 0.1) is 11.8 Å². The van der Waals surface area contributed by atoms with Crippen molar-refractivity contribution < 1.29 is 14.3 Å². The van der Waals surface area contributed by atoms with Gasteiger partial charge in [-0.15, -0.1) is 0 Å². The molecule has 0 aromatic heterocycles. The van der Waals surface area contributed by atoms with Crippen molar-refractivity contribution in [2.45, 2.75) is 46.0 Å². The van der Waals surface area contributed by atoms with E-state index >= 15 is 0 Å². The monoisotopic (exact) mass is 298 g/mol. The van der Waals surface area contributed by atoms with Gasteiger partial charge in [0.25, 0.3) is 0 Å². The molecule has 1 amide bonds. The van der Waals surface area contributed by atoms with Crippen molar-refractivity contribution in [3.05, 3.63) is 0 Å². The summed E-state index contributed by atoms with van der Waals surface area (Å²) in [6, 6.07) is 0. The van der Waals surface area contributed by atoms with E-state index in [-0.39, 0.29) is 18.4 Å². The summed E-state index contributed by atoms with van der Waals surface area (Å²) in [7, 11) is 1.37. The molecule has 1 N–H and O–H groups in total. The molecule has 0 spiro atoms. The molecule has 5 heteroatoms. The molecule has 0 aliphatic carbocycles. The van der Waals surface area contributed by atoms with Gasteiger partial charge in [0.05, 0.1) is 7.11 Å². The van der Waals surface area contributed by atoms with E-state index in [1.165, 1.54) is 7.11 Å². The molecule has 1 heterocycles. The molecule has 0 bridgehead atoms. The van der Waals surface area contributed by atoms with E-state index in [9.17, 15) is 9.59 Å². The van der Waals surface area contributed by atoms with Gasteiger partial charge in [0, 0.05) is 13.0 Å². The minimum absolute atomic E-state index is 0.0802. The van der Waals surface area contributed by atoms with Crippen LogP contribution in [-0.2, 0) is 14.3 Å². The summed E-state index contributed by atoms with van der Waals surface area (Å²) in [6.45, 7) is 6.97. The average Bonchev–Trinajstić information content (AvgIpc) is 2.51. The van der Waals surface area contributed by atoms with Gasteiger partial charge in [0.15, 0.2) is 0 Å². The van der Waals surface area contributed by atoms with E-state index in [0.717, 1.165) is 38.8 Å². The number of amides is 1. The Morgan fingerprint density at radius 3 is 2.38 bits per heavy atom. The lowest BCUT2D eigenvalue weighted by atomic mass is 9.93. The predicted molar refractivity (Wildman–Crippen MR) is 82.9 cm³/mol. The SMILES string of the molecule is CCC(CC)CN(CC(=O)OC)C(=O)CC1CCNCC1. The number of rotatable bonds is 8. The molecule has 122 valence electrons. The molecule has 0 saturated carbocycles. The first-order valence-corrected chi connectivity index (χ1v) is 8.15. The molecule has 1 aliphatic rings. The van der Waals surface area contributed by atoms with Crippen molar-refractivity contribution in [1.82, 2.24) is 10.2 Å². The van der Waals surface area contributed by atoms with Crippen molar-refractivity contribution in [2.75, 3.05) is 33.3 Å². The number of carbonyl (C=O) groups is 2. The summed E-state index contributed by atoms with van der Waals surface area (Å²) < 4.78 is 4.73.